The van der Waals surface area contributed by atoms with Crippen LogP contribution in [0.2, 0.25) is 0 Å². The van der Waals surface area contributed by atoms with Crippen molar-refractivity contribution in [1.82, 2.24) is 0 Å². The average Bonchev–Trinajstić information content (AvgIpc) is 2.17. The van der Waals surface area contributed by atoms with Crippen LogP contribution in [0.3, 0.4) is 0 Å². The van der Waals surface area contributed by atoms with Gasteiger partial charge in [0.2, 0.25) is 0 Å². The highest BCUT2D eigenvalue weighted by atomic mass is 35.5. The Bertz CT molecular complexity index is 277. The molecule has 13 heavy (non-hydrogen) atoms. The van der Waals surface area contributed by atoms with Crippen LogP contribution in [-0.2, 0) is 5.41 Å². The Hall–Kier alpha value is -0.200. The lowest BCUT2D eigenvalue weighted by Crippen LogP contribution is -2.26. The molecule has 0 radical (unpaired) electrons. The molecule has 72 valence electrons. The van der Waals surface area contributed by atoms with E-state index in [9.17, 15) is 0 Å². The van der Waals surface area contributed by atoms with E-state index < -0.39 is 0 Å². The highest BCUT2D eigenvalue weighted by Gasteiger charge is 2.24. The molecule has 0 bridgehead atoms. The zero-order valence-electron chi connectivity index (χ0n) is 7.98. The fourth-order valence-corrected chi connectivity index (χ4v) is 1.80. The minimum absolute atomic E-state index is 0.102. The Balaban J connectivity index is 3.05. The van der Waals surface area contributed by atoms with E-state index in [1.807, 2.05) is 6.07 Å². The first kappa shape index (κ1) is 10.9. The SMILES string of the molecule is Cc1cccc(C(C)(CCl)CCl)c1. The molecule has 2 heteroatoms. The first-order valence-electron chi connectivity index (χ1n) is 4.31. The molecule has 0 saturated carbocycles. The molecule has 1 rings (SSSR count). The Morgan fingerprint density at radius 1 is 1.23 bits per heavy atom. The van der Waals surface area contributed by atoms with Gasteiger partial charge in [-0.2, -0.15) is 0 Å². The van der Waals surface area contributed by atoms with Crippen molar-refractivity contribution >= 4 is 23.2 Å². The second-order valence-corrected chi connectivity index (χ2v) is 4.23. The summed E-state index contributed by atoms with van der Waals surface area (Å²) in [6.07, 6.45) is 0. The topological polar surface area (TPSA) is 0 Å². The summed E-state index contributed by atoms with van der Waals surface area (Å²) in [5.74, 6) is 1.11. The lowest BCUT2D eigenvalue weighted by atomic mass is 9.86. The molecular weight excluding hydrogens is 203 g/mol. The predicted octanol–water partition coefficient (Wildman–Crippen LogP) is 3.73. The van der Waals surface area contributed by atoms with Gasteiger partial charge in [-0.25, -0.2) is 0 Å². The van der Waals surface area contributed by atoms with Crippen molar-refractivity contribution in [3.05, 3.63) is 35.4 Å². The van der Waals surface area contributed by atoms with Crippen molar-refractivity contribution in [2.45, 2.75) is 19.3 Å². The zero-order chi connectivity index (χ0) is 9.90. The average molecular weight is 217 g/mol. The van der Waals surface area contributed by atoms with E-state index in [1.54, 1.807) is 0 Å². The Morgan fingerprint density at radius 3 is 2.31 bits per heavy atom. The lowest BCUT2D eigenvalue weighted by Gasteiger charge is -2.25. The fourth-order valence-electron chi connectivity index (χ4n) is 1.21. The van der Waals surface area contributed by atoms with E-state index in [1.165, 1.54) is 11.1 Å². The third-order valence-electron chi connectivity index (χ3n) is 2.30. The lowest BCUT2D eigenvalue weighted by molar-refractivity contribution is 0.605. The van der Waals surface area contributed by atoms with E-state index in [0.717, 1.165) is 0 Å². The van der Waals surface area contributed by atoms with Gasteiger partial charge in [-0.05, 0) is 12.5 Å². The van der Waals surface area contributed by atoms with Gasteiger partial charge >= 0.3 is 0 Å². The van der Waals surface area contributed by atoms with Crippen LogP contribution < -0.4 is 0 Å². The first-order chi connectivity index (χ1) is 6.12. The molecule has 0 atom stereocenters. The van der Waals surface area contributed by atoms with Crippen molar-refractivity contribution in [1.29, 1.82) is 0 Å². The van der Waals surface area contributed by atoms with Gasteiger partial charge in [0.25, 0.3) is 0 Å². The molecule has 1 aromatic rings. The molecule has 0 fully saturated rings. The van der Waals surface area contributed by atoms with Gasteiger partial charge in [0.1, 0.15) is 0 Å². The number of alkyl halides is 2. The second-order valence-electron chi connectivity index (χ2n) is 3.70. The van der Waals surface area contributed by atoms with Crippen molar-refractivity contribution in [3.8, 4) is 0 Å². The van der Waals surface area contributed by atoms with Crippen LogP contribution in [0.5, 0.6) is 0 Å². The maximum absolute atomic E-state index is 5.91. The van der Waals surface area contributed by atoms with Gasteiger partial charge in [0.15, 0.2) is 0 Å². The molecule has 1 aromatic carbocycles. The van der Waals surface area contributed by atoms with Gasteiger partial charge in [-0.15, -0.1) is 23.2 Å². The molecule has 0 saturated heterocycles. The number of rotatable bonds is 3. The van der Waals surface area contributed by atoms with Gasteiger partial charge in [0, 0.05) is 17.2 Å². The summed E-state index contributed by atoms with van der Waals surface area (Å²) in [5.41, 5.74) is 2.37. The maximum Gasteiger partial charge on any atom is 0.0329 e. The summed E-state index contributed by atoms with van der Waals surface area (Å²) in [5, 5.41) is 0. The van der Waals surface area contributed by atoms with E-state index in [4.69, 9.17) is 23.2 Å². The van der Waals surface area contributed by atoms with Crippen molar-refractivity contribution in [2.75, 3.05) is 11.8 Å². The quantitative estimate of drug-likeness (QED) is 0.676. The standard InChI is InChI=1S/C11H14Cl2/c1-9-4-3-5-10(6-9)11(2,7-12)8-13/h3-6H,7-8H2,1-2H3. The number of hydrogen-bond acceptors (Lipinski definition) is 0. The molecular formula is C11H14Cl2. The first-order valence-corrected chi connectivity index (χ1v) is 5.38. The molecule has 0 nitrogen and oxygen atoms in total. The monoisotopic (exact) mass is 216 g/mol. The van der Waals surface area contributed by atoms with E-state index >= 15 is 0 Å². The zero-order valence-corrected chi connectivity index (χ0v) is 9.49. The van der Waals surface area contributed by atoms with Gasteiger partial charge < -0.3 is 0 Å². The third kappa shape index (κ3) is 2.38. The largest absolute Gasteiger partial charge is 0.126 e. The van der Waals surface area contributed by atoms with Crippen molar-refractivity contribution < 1.29 is 0 Å². The molecule has 0 amide bonds. The number of hydrogen-bond donors (Lipinski definition) is 0. The molecule has 0 spiro atoms. The highest BCUT2D eigenvalue weighted by molar-refractivity contribution is 6.22. The van der Waals surface area contributed by atoms with E-state index in [-0.39, 0.29) is 5.41 Å². The molecule has 0 N–H and O–H groups in total. The highest BCUT2D eigenvalue weighted by Crippen LogP contribution is 2.27. The van der Waals surface area contributed by atoms with E-state index in [0.29, 0.717) is 11.8 Å². The van der Waals surface area contributed by atoms with Crippen molar-refractivity contribution in [2.24, 2.45) is 0 Å². The predicted molar refractivity (Wildman–Crippen MR) is 60.0 cm³/mol. The summed E-state index contributed by atoms with van der Waals surface area (Å²) in [6.45, 7) is 4.16. The summed E-state index contributed by atoms with van der Waals surface area (Å²) in [7, 11) is 0. The Labute approximate surface area is 89.9 Å². The summed E-state index contributed by atoms with van der Waals surface area (Å²) in [6, 6.07) is 8.34. The number of halogens is 2. The molecule has 0 aliphatic carbocycles. The second kappa shape index (κ2) is 4.34. The normalized spacial score (nSPS) is 11.7. The van der Waals surface area contributed by atoms with Crippen LogP contribution in [0.1, 0.15) is 18.1 Å². The number of benzene rings is 1. The van der Waals surface area contributed by atoms with Crippen LogP contribution in [0.15, 0.2) is 24.3 Å². The summed E-state index contributed by atoms with van der Waals surface area (Å²) < 4.78 is 0. The minimum Gasteiger partial charge on any atom is -0.126 e. The fraction of sp³-hybridized carbons (Fsp3) is 0.455. The summed E-state index contributed by atoms with van der Waals surface area (Å²) in [4.78, 5) is 0. The van der Waals surface area contributed by atoms with E-state index in [2.05, 4.69) is 32.0 Å². The van der Waals surface area contributed by atoms with Gasteiger partial charge in [-0.1, -0.05) is 36.8 Å². The smallest absolute Gasteiger partial charge is 0.0329 e. The molecule has 0 unspecified atom stereocenters. The third-order valence-corrected chi connectivity index (χ3v) is 3.48. The van der Waals surface area contributed by atoms with Gasteiger partial charge in [-0.3, -0.25) is 0 Å². The maximum atomic E-state index is 5.91. The van der Waals surface area contributed by atoms with Gasteiger partial charge in [0.05, 0.1) is 0 Å². The van der Waals surface area contributed by atoms with Crippen LogP contribution in [-0.4, -0.2) is 11.8 Å². The number of aryl methyl sites for hydroxylation is 1. The van der Waals surface area contributed by atoms with Crippen LogP contribution in [0.4, 0.5) is 0 Å². The van der Waals surface area contributed by atoms with Crippen molar-refractivity contribution in [3.63, 3.8) is 0 Å². The molecule has 0 aromatic heterocycles. The molecule has 0 aliphatic heterocycles. The summed E-state index contributed by atoms with van der Waals surface area (Å²) >= 11 is 11.8. The molecule has 0 heterocycles. The Morgan fingerprint density at radius 2 is 1.85 bits per heavy atom. The van der Waals surface area contributed by atoms with Crippen LogP contribution in [0, 0.1) is 6.92 Å². The van der Waals surface area contributed by atoms with Crippen LogP contribution >= 0.6 is 23.2 Å². The molecule has 0 aliphatic rings. The Kier molecular flexibility index (Phi) is 3.63. The van der Waals surface area contributed by atoms with Crippen LogP contribution in [0.25, 0.3) is 0 Å². The minimum atomic E-state index is -0.102.